The van der Waals surface area contributed by atoms with Gasteiger partial charge in [0.2, 0.25) is 0 Å². The summed E-state index contributed by atoms with van der Waals surface area (Å²) in [6, 6.07) is 8.68. The van der Waals surface area contributed by atoms with Crippen LogP contribution in [0.1, 0.15) is 54.1 Å². The van der Waals surface area contributed by atoms with Crippen LogP contribution in [-0.4, -0.2) is 42.2 Å². The van der Waals surface area contributed by atoms with Crippen molar-refractivity contribution in [1.82, 2.24) is 10.3 Å². The summed E-state index contributed by atoms with van der Waals surface area (Å²) in [5.41, 5.74) is 2.16. The van der Waals surface area contributed by atoms with Crippen molar-refractivity contribution in [3.05, 3.63) is 53.3 Å². The zero-order chi connectivity index (χ0) is 21.4. The van der Waals surface area contributed by atoms with Crippen LogP contribution >= 0.6 is 0 Å². The lowest BCUT2D eigenvalue weighted by Crippen LogP contribution is -2.41. The van der Waals surface area contributed by atoms with Crippen molar-refractivity contribution in [1.29, 1.82) is 0 Å². The fourth-order valence-corrected chi connectivity index (χ4v) is 2.97. The van der Waals surface area contributed by atoms with E-state index in [0.29, 0.717) is 11.3 Å². The number of carbonyl (C=O) groups is 2. The quantitative estimate of drug-likeness (QED) is 0.776. The average molecular weight is 395 g/mol. The molecule has 0 saturated carbocycles. The molecule has 2 N–H and O–H groups in total. The van der Waals surface area contributed by atoms with Crippen LogP contribution in [0, 0.1) is 6.92 Å². The van der Waals surface area contributed by atoms with Crippen molar-refractivity contribution in [3.63, 3.8) is 0 Å². The number of nitrogens with zero attached hydrogens (tertiary/aromatic N) is 1. The standard InChI is InChI=1S/C21H26BN3O4/c1-13-11-15(22-28-20(2,3)21(4,5)29-22)7-8-16(13)25-18(26)14-9-10-24-17(12-14)19(27)23-6/h7-12H,1-6H3,(H,23,27)(H,25,26). The summed E-state index contributed by atoms with van der Waals surface area (Å²) >= 11 is 0. The molecule has 8 heteroatoms. The van der Waals surface area contributed by atoms with Gasteiger partial charge in [0.25, 0.3) is 11.8 Å². The van der Waals surface area contributed by atoms with Gasteiger partial charge in [-0.25, -0.2) is 0 Å². The number of carbonyl (C=O) groups excluding carboxylic acids is 2. The minimum atomic E-state index is -0.459. The molecule has 7 nitrogen and oxygen atoms in total. The molecule has 2 amide bonds. The van der Waals surface area contributed by atoms with E-state index in [1.54, 1.807) is 6.07 Å². The molecule has 0 bridgehead atoms. The van der Waals surface area contributed by atoms with Gasteiger partial charge in [0, 0.05) is 24.5 Å². The third-order valence-electron chi connectivity index (χ3n) is 5.51. The predicted octanol–water partition coefficient (Wildman–Crippen LogP) is 2.30. The first kappa shape index (κ1) is 21.0. The fourth-order valence-electron chi connectivity index (χ4n) is 2.97. The minimum Gasteiger partial charge on any atom is -0.399 e. The lowest BCUT2D eigenvalue weighted by atomic mass is 9.78. The van der Waals surface area contributed by atoms with Gasteiger partial charge in [-0.2, -0.15) is 0 Å². The summed E-state index contributed by atoms with van der Waals surface area (Å²) in [4.78, 5) is 28.3. The van der Waals surface area contributed by atoms with E-state index in [9.17, 15) is 9.59 Å². The van der Waals surface area contributed by atoms with E-state index >= 15 is 0 Å². The van der Waals surface area contributed by atoms with Gasteiger partial charge < -0.3 is 19.9 Å². The van der Waals surface area contributed by atoms with E-state index in [-0.39, 0.29) is 17.5 Å². The lowest BCUT2D eigenvalue weighted by molar-refractivity contribution is 0.00578. The van der Waals surface area contributed by atoms with Crippen LogP contribution in [0.5, 0.6) is 0 Å². The van der Waals surface area contributed by atoms with Crippen LogP contribution < -0.4 is 16.1 Å². The number of benzene rings is 1. The second kappa shape index (κ2) is 7.61. The first-order valence-electron chi connectivity index (χ1n) is 9.50. The zero-order valence-corrected chi connectivity index (χ0v) is 17.6. The Kier molecular flexibility index (Phi) is 5.51. The molecular weight excluding hydrogens is 369 g/mol. The Labute approximate surface area is 171 Å². The first-order valence-corrected chi connectivity index (χ1v) is 9.50. The Morgan fingerprint density at radius 1 is 1.00 bits per heavy atom. The topological polar surface area (TPSA) is 89.6 Å². The number of aryl methyl sites for hydroxylation is 1. The van der Waals surface area contributed by atoms with Crippen LogP contribution in [0.4, 0.5) is 5.69 Å². The number of aromatic nitrogens is 1. The second-order valence-corrected chi connectivity index (χ2v) is 8.13. The third kappa shape index (κ3) is 4.18. The maximum Gasteiger partial charge on any atom is 0.494 e. The third-order valence-corrected chi connectivity index (χ3v) is 5.51. The normalized spacial score (nSPS) is 17.1. The van der Waals surface area contributed by atoms with Crippen LogP contribution in [0.2, 0.25) is 0 Å². The molecule has 0 radical (unpaired) electrons. The average Bonchev–Trinajstić information content (AvgIpc) is 2.90. The number of hydrogen-bond donors (Lipinski definition) is 2. The second-order valence-electron chi connectivity index (χ2n) is 8.13. The van der Waals surface area contributed by atoms with Crippen molar-refractivity contribution in [3.8, 4) is 0 Å². The van der Waals surface area contributed by atoms with E-state index in [1.165, 1.54) is 19.3 Å². The highest BCUT2D eigenvalue weighted by molar-refractivity contribution is 6.62. The number of nitrogens with one attached hydrogen (secondary N) is 2. The first-order chi connectivity index (χ1) is 13.5. The summed E-state index contributed by atoms with van der Waals surface area (Å²) < 4.78 is 12.2. The highest BCUT2D eigenvalue weighted by Crippen LogP contribution is 2.36. The summed E-state index contributed by atoms with van der Waals surface area (Å²) in [7, 11) is 1.06. The van der Waals surface area contributed by atoms with Crippen LogP contribution in [-0.2, 0) is 9.31 Å². The highest BCUT2D eigenvalue weighted by atomic mass is 16.7. The molecule has 1 aliphatic heterocycles. The number of pyridine rings is 1. The monoisotopic (exact) mass is 395 g/mol. The largest absolute Gasteiger partial charge is 0.494 e. The molecule has 0 atom stereocenters. The Hall–Kier alpha value is -2.71. The maximum atomic E-state index is 12.6. The molecule has 0 unspecified atom stereocenters. The van der Waals surface area contributed by atoms with Crippen LogP contribution in [0.15, 0.2) is 36.5 Å². The van der Waals surface area contributed by atoms with Gasteiger partial charge in [0.1, 0.15) is 5.69 Å². The number of rotatable bonds is 4. The molecule has 0 spiro atoms. The number of anilines is 1. The Morgan fingerprint density at radius 3 is 2.24 bits per heavy atom. The molecule has 0 aliphatic carbocycles. The minimum absolute atomic E-state index is 0.188. The van der Waals surface area contributed by atoms with E-state index in [1.807, 2.05) is 52.8 Å². The predicted molar refractivity (Wildman–Crippen MR) is 112 cm³/mol. The molecule has 152 valence electrons. The van der Waals surface area contributed by atoms with Crippen molar-refractivity contribution >= 4 is 30.1 Å². The van der Waals surface area contributed by atoms with Gasteiger partial charge in [-0.3, -0.25) is 14.6 Å². The molecule has 29 heavy (non-hydrogen) atoms. The van der Waals surface area contributed by atoms with Gasteiger partial charge in [0.05, 0.1) is 11.2 Å². The molecule has 2 aromatic rings. The van der Waals surface area contributed by atoms with Gasteiger partial charge in [-0.15, -0.1) is 0 Å². The van der Waals surface area contributed by atoms with Gasteiger partial charge in [-0.1, -0.05) is 12.1 Å². The van der Waals surface area contributed by atoms with E-state index < -0.39 is 18.3 Å². The highest BCUT2D eigenvalue weighted by Gasteiger charge is 2.51. The summed E-state index contributed by atoms with van der Waals surface area (Å²) in [5, 5.41) is 5.37. The molecule has 1 saturated heterocycles. The Balaban J connectivity index is 1.76. The zero-order valence-electron chi connectivity index (χ0n) is 17.6. The molecule has 1 aromatic heterocycles. The molecular formula is C21H26BN3O4. The van der Waals surface area contributed by atoms with Crippen molar-refractivity contribution in [2.45, 2.75) is 45.8 Å². The molecule has 1 fully saturated rings. The van der Waals surface area contributed by atoms with E-state index in [4.69, 9.17) is 9.31 Å². The Bertz CT molecular complexity index is 943. The lowest BCUT2D eigenvalue weighted by Gasteiger charge is -2.32. The maximum absolute atomic E-state index is 12.6. The van der Waals surface area contributed by atoms with Crippen molar-refractivity contribution in [2.75, 3.05) is 12.4 Å². The summed E-state index contributed by atoms with van der Waals surface area (Å²) in [6.45, 7) is 9.95. The molecule has 3 rings (SSSR count). The molecule has 2 heterocycles. The molecule has 1 aliphatic rings. The van der Waals surface area contributed by atoms with Crippen molar-refractivity contribution < 1.29 is 18.9 Å². The molecule has 1 aromatic carbocycles. The van der Waals surface area contributed by atoms with Gasteiger partial charge in [-0.05, 0) is 63.8 Å². The van der Waals surface area contributed by atoms with E-state index in [0.717, 1.165) is 11.0 Å². The smallest absolute Gasteiger partial charge is 0.399 e. The van der Waals surface area contributed by atoms with Gasteiger partial charge >= 0.3 is 7.12 Å². The fraction of sp³-hybridized carbons (Fsp3) is 0.381. The Morgan fingerprint density at radius 2 is 1.66 bits per heavy atom. The van der Waals surface area contributed by atoms with Crippen LogP contribution in [0.3, 0.4) is 0 Å². The van der Waals surface area contributed by atoms with Gasteiger partial charge in [0.15, 0.2) is 0 Å². The SMILES string of the molecule is CNC(=O)c1cc(C(=O)Nc2ccc(B3OC(C)(C)C(C)(C)O3)cc2C)ccn1. The van der Waals surface area contributed by atoms with Crippen LogP contribution in [0.25, 0.3) is 0 Å². The summed E-state index contributed by atoms with van der Waals surface area (Å²) in [6.07, 6.45) is 1.44. The van der Waals surface area contributed by atoms with E-state index in [2.05, 4.69) is 15.6 Å². The van der Waals surface area contributed by atoms with Crippen molar-refractivity contribution in [2.24, 2.45) is 0 Å². The summed E-state index contributed by atoms with van der Waals surface area (Å²) in [5.74, 6) is -0.661. The number of hydrogen-bond acceptors (Lipinski definition) is 5. The number of amides is 2.